The fraction of sp³-hybridized carbons (Fsp3) is 0.565. The Bertz CT molecular complexity index is 949. The molecule has 2 aromatic rings. The lowest BCUT2D eigenvalue weighted by Gasteiger charge is -2.58. The molecule has 5 saturated carbocycles. The highest BCUT2D eigenvalue weighted by molar-refractivity contribution is 9.10. The zero-order chi connectivity index (χ0) is 19.8. The maximum atomic E-state index is 13.4. The molecule has 2 N–H and O–H groups in total. The third-order valence-electron chi connectivity index (χ3n) is 7.69. The van der Waals surface area contributed by atoms with E-state index in [0.717, 1.165) is 66.4 Å². The molecule has 2 unspecified atom stereocenters. The summed E-state index contributed by atoms with van der Waals surface area (Å²) in [4.78, 5) is 13.4. The summed E-state index contributed by atoms with van der Waals surface area (Å²) in [6.45, 7) is 0. The van der Waals surface area contributed by atoms with Crippen LogP contribution in [0.25, 0.3) is 5.69 Å². The van der Waals surface area contributed by atoms with Crippen LogP contribution in [0.3, 0.4) is 0 Å². The molecule has 0 spiro atoms. The van der Waals surface area contributed by atoms with E-state index in [-0.39, 0.29) is 17.6 Å². The van der Waals surface area contributed by atoms with Crippen LogP contribution in [-0.4, -0.2) is 32.4 Å². The molecule has 5 aliphatic carbocycles. The van der Waals surface area contributed by atoms with E-state index in [2.05, 4.69) is 26.3 Å². The van der Waals surface area contributed by atoms with E-state index >= 15 is 0 Å². The molecule has 1 aromatic heterocycles. The highest BCUT2D eigenvalue weighted by Crippen LogP contribution is 2.55. The first kappa shape index (κ1) is 18.1. The number of aliphatic hydroxyl groups excluding tert-OH is 1. The van der Waals surface area contributed by atoms with Crippen LogP contribution in [0, 0.1) is 17.8 Å². The van der Waals surface area contributed by atoms with Crippen LogP contribution in [0.5, 0.6) is 0 Å². The number of benzene rings is 1. The van der Waals surface area contributed by atoms with Crippen molar-refractivity contribution in [3.63, 3.8) is 0 Å². The number of carbonyl (C=O) groups excluding carboxylic acids is 1. The lowest BCUT2D eigenvalue weighted by atomic mass is 9.51. The second-order valence-electron chi connectivity index (χ2n) is 9.80. The predicted octanol–water partition coefficient (Wildman–Crippen LogP) is 4.18. The van der Waals surface area contributed by atoms with Crippen molar-refractivity contribution < 1.29 is 9.90 Å². The van der Waals surface area contributed by atoms with Gasteiger partial charge in [-0.05, 0) is 87.0 Å². The van der Waals surface area contributed by atoms with Gasteiger partial charge in [-0.3, -0.25) is 4.79 Å². The van der Waals surface area contributed by atoms with E-state index in [4.69, 9.17) is 0 Å². The average Bonchev–Trinajstić information content (AvgIpc) is 3.43. The molecule has 152 valence electrons. The molecule has 6 heteroatoms. The monoisotopic (exact) mass is 455 g/mol. The van der Waals surface area contributed by atoms with E-state index in [1.54, 1.807) is 6.20 Å². The molecule has 0 aliphatic heterocycles. The molecule has 7 rings (SSSR count). The third kappa shape index (κ3) is 2.98. The predicted molar refractivity (Wildman–Crippen MR) is 113 cm³/mol. The van der Waals surface area contributed by atoms with Crippen LogP contribution in [0.4, 0.5) is 0 Å². The summed E-state index contributed by atoms with van der Waals surface area (Å²) in [5, 5.41) is 18.6. The quantitative estimate of drug-likeness (QED) is 0.726. The van der Waals surface area contributed by atoms with Crippen LogP contribution in [0.15, 0.2) is 34.9 Å². The van der Waals surface area contributed by atoms with Gasteiger partial charge in [-0.25, -0.2) is 4.68 Å². The summed E-state index contributed by atoms with van der Waals surface area (Å²) in [5.41, 5.74) is 2.64. The Balaban J connectivity index is 1.30. The molecule has 0 saturated heterocycles. The first-order valence-electron chi connectivity index (χ1n) is 10.9. The number of aliphatic hydroxyl groups is 1. The van der Waals surface area contributed by atoms with Gasteiger partial charge in [0.25, 0.3) is 5.91 Å². The number of carbonyl (C=O) groups is 1. The van der Waals surface area contributed by atoms with Crippen LogP contribution < -0.4 is 5.32 Å². The summed E-state index contributed by atoms with van der Waals surface area (Å²) < 4.78 is 2.98. The first-order valence-corrected chi connectivity index (χ1v) is 11.6. The highest BCUT2D eigenvalue weighted by atomic mass is 79.9. The van der Waals surface area contributed by atoms with Crippen molar-refractivity contribution in [2.24, 2.45) is 17.8 Å². The smallest absolute Gasteiger partial charge is 0.255 e. The van der Waals surface area contributed by atoms with E-state index in [9.17, 15) is 9.90 Å². The number of aromatic nitrogens is 2. The Morgan fingerprint density at radius 3 is 2.48 bits per heavy atom. The Labute approximate surface area is 179 Å². The molecule has 1 amide bonds. The van der Waals surface area contributed by atoms with Crippen molar-refractivity contribution in [1.82, 2.24) is 15.1 Å². The molecular formula is C23H26BrN3O2. The second kappa shape index (κ2) is 6.42. The van der Waals surface area contributed by atoms with Crippen molar-refractivity contribution in [3.05, 3.63) is 46.2 Å². The normalized spacial score (nSPS) is 35.1. The minimum absolute atomic E-state index is 0.0201. The van der Waals surface area contributed by atoms with Crippen molar-refractivity contribution in [1.29, 1.82) is 0 Å². The minimum atomic E-state index is -0.168. The van der Waals surface area contributed by atoms with Gasteiger partial charge < -0.3 is 10.4 Å². The van der Waals surface area contributed by atoms with Gasteiger partial charge in [0, 0.05) is 15.9 Å². The number of nitrogens with zero attached hydrogens (tertiary/aromatic N) is 2. The Hall–Kier alpha value is -1.66. The fourth-order valence-electron chi connectivity index (χ4n) is 6.53. The van der Waals surface area contributed by atoms with Crippen LogP contribution in [0.2, 0.25) is 0 Å². The van der Waals surface area contributed by atoms with Crippen molar-refractivity contribution in [2.45, 2.75) is 62.5 Å². The van der Waals surface area contributed by atoms with Gasteiger partial charge in [0.15, 0.2) is 0 Å². The zero-order valence-corrected chi connectivity index (χ0v) is 17.9. The van der Waals surface area contributed by atoms with E-state index < -0.39 is 0 Å². The summed E-state index contributed by atoms with van der Waals surface area (Å²) in [7, 11) is 0. The van der Waals surface area contributed by atoms with Gasteiger partial charge >= 0.3 is 0 Å². The molecule has 4 bridgehead atoms. The molecule has 5 nitrogen and oxygen atoms in total. The second-order valence-corrected chi connectivity index (χ2v) is 10.7. The van der Waals surface area contributed by atoms with Crippen LogP contribution in [-0.2, 0) is 0 Å². The summed E-state index contributed by atoms with van der Waals surface area (Å²) in [6, 6.07) is 8.08. The molecule has 5 fully saturated rings. The third-order valence-corrected chi connectivity index (χ3v) is 8.22. The van der Waals surface area contributed by atoms with Crippen molar-refractivity contribution in [3.8, 4) is 5.69 Å². The van der Waals surface area contributed by atoms with Crippen molar-refractivity contribution in [2.75, 3.05) is 0 Å². The summed E-state index contributed by atoms with van der Waals surface area (Å²) in [5.74, 6) is 1.81. The maximum Gasteiger partial charge on any atom is 0.255 e. The Morgan fingerprint density at radius 1 is 1.14 bits per heavy atom. The lowest BCUT2D eigenvalue weighted by molar-refractivity contribution is -0.109. The van der Waals surface area contributed by atoms with Crippen LogP contribution >= 0.6 is 15.9 Å². The van der Waals surface area contributed by atoms with Gasteiger partial charge in [-0.2, -0.15) is 5.10 Å². The van der Waals surface area contributed by atoms with E-state index in [0.29, 0.717) is 23.7 Å². The van der Waals surface area contributed by atoms with E-state index in [1.165, 1.54) is 0 Å². The minimum Gasteiger partial charge on any atom is -0.393 e. The zero-order valence-electron chi connectivity index (χ0n) is 16.4. The summed E-state index contributed by atoms with van der Waals surface area (Å²) in [6.07, 6.45) is 8.99. The van der Waals surface area contributed by atoms with Gasteiger partial charge in [0.05, 0.1) is 29.2 Å². The van der Waals surface area contributed by atoms with Gasteiger partial charge in [-0.15, -0.1) is 0 Å². The Morgan fingerprint density at radius 2 is 1.83 bits per heavy atom. The standard InChI is InChI=1S/C23H26BrN3O2/c24-17-3-5-18(6-4-17)27-20(14-1-2-14)19(12-25-27)22(29)26-23-9-13-7-15(10-23)21(28)16(8-13)11-23/h3-6,12-16,21,28H,1-2,7-11H2,(H,26,29). The molecule has 1 heterocycles. The van der Waals surface area contributed by atoms with Crippen LogP contribution in [0.1, 0.15) is 66.9 Å². The number of rotatable bonds is 4. The summed E-state index contributed by atoms with van der Waals surface area (Å²) >= 11 is 3.49. The van der Waals surface area contributed by atoms with E-state index in [1.807, 2.05) is 28.9 Å². The van der Waals surface area contributed by atoms with Crippen molar-refractivity contribution >= 4 is 21.8 Å². The average molecular weight is 456 g/mol. The molecule has 1 aromatic carbocycles. The molecule has 5 aliphatic rings. The SMILES string of the molecule is O=C(NC12CC3CC(C1)C(O)C(C3)C2)c1cnn(-c2ccc(Br)cc2)c1C1CC1. The number of hydrogen-bond acceptors (Lipinski definition) is 3. The fourth-order valence-corrected chi connectivity index (χ4v) is 6.79. The topological polar surface area (TPSA) is 67.2 Å². The molecular weight excluding hydrogens is 430 g/mol. The number of hydrogen-bond donors (Lipinski definition) is 2. The number of nitrogens with one attached hydrogen (secondary N) is 1. The largest absolute Gasteiger partial charge is 0.393 e. The number of amides is 1. The number of halogens is 1. The maximum absolute atomic E-state index is 13.4. The first-order chi connectivity index (χ1) is 14.0. The van der Waals surface area contributed by atoms with Gasteiger partial charge in [0.1, 0.15) is 0 Å². The van der Waals surface area contributed by atoms with Gasteiger partial charge in [0.2, 0.25) is 0 Å². The Kier molecular flexibility index (Phi) is 4.01. The molecule has 29 heavy (non-hydrogen) atoms. The lowest BCUT2D eigenvalue weighted by Crippen LogP contribution is -2.63. The molecule has 0 radical (unpaired) electrons. The highest BCUT2D eigenvalue weighted by Gasteiger charge is 2.55. The molecule has 2 atom stereocenters. The van der Waals surface area contributed by atoms with Gasteiger partial charge in [-0.1, -0.05) is 15.9 Å².